The molecule has 0 atom stereocenters. The normalized spacial score (nSPS) is 14.2. The Morgan fingerprint density at radius 1 is 1.04 bits per heavy atom. The SMILES string of the molecule is COc1ccc2c(c1)c(=O)n(Cc1ccccc1)c1nnc(N3CCCC3)n21. The molecule has 0 radical (unpaired) electrons. The molecule has 28 heavy (non-hydrogen) atoms. The van der Waals surface area contributed by atoms with Crippen molar-refractivity contribution in [1.82, 2.24) is 19.2 Å². The van der Waals surface area contributed by atoms with Crippen LogP contribution in [0.1, 0.15) is 18.4 Å². The van der Waals surface area contributed by atoms with E-state index in [1.54, 1.807) is 17.7 Å². The summed E-state index contributed by atoms with van der Waals surface area (Å²) >= 11 is 0. The summed E-state index contributed by atoms with van der Waals surface area (Å²) in [6.45, 7) is 2.35. The van der Waals surface area contributed by atoms with E-state index in [4.69, 9.17) is 4.74 Å². The fraction of sp³-hybridized carbons (Fsp3) is 0.286. The zero-order valence-corrected chi connectivity index (χ0v) is 15.7. The van der Waals surface area contributed by atoms with Gasteiger partial charge in [-0.1, -0.05) is 30.3 Å². The van der Waals surface area contributed by atoms with Crippen LogP contribution in [0, 0.1) is 0 Å². The molecule has 1 aliphatic heterocycles. The fourth-order valence-electron chi connectivity index (χ4n) is 3.93. The lowest BCUT2D eigenvalue weighted by Crippen LogP contribution is -2.26. The zero-order chi connectivity index (χ0) is 19.1. The predicted octanol–water partition coefficient (Wildman–Crippen LogP) is 2.70. The van der Waals surface area contributed by atoms with Gasteiger partial charge >= 0.3 is 0 Å². The Morgan fingerprint density at radius 2 is 1.82 bits per heavy atom. The number of nitrogens with zero attached hydrogens (tertiary/aromatic N) is 5. The lowest BCUT2D eigenvalue weighted by Gasteiger charge is -2.17. The van der Waals surface area contributed by atoms with E-state index in [9.17, 15) is 4.79 Å². The maximum atomic E-state index is 13.4. The second kappa shape index (κ2) is 6.67. The lowest BCUT2D eigenvalue weighted by atomic mass is 10.2. The summed E-state index contributed by atoms with van der Waals surface area (Å²) in [5.41, 5.74) is 1.75. The van der Waals surface area contributed by atoms with Gasteiger partial charge in [0.15, 0.2) is 0 Å². The van der Waals surface area contributed by atoms with E-state index in [2.05, 4.69) is 15.1 Å². The van der Waals surface area contributed by atoms with Crippen LogP contribution in [-0.2, 0) is 6.54 Å². The standard InChI is InChI=1S/C21H21N5O2/c1-28-16-9-10-18-17(13-16)19(27)25(14-15-7-3-2-4-8-15)21-23-22-20(26(18)21)24-11-5-6-12-24/h2-4,7-10,13H,5-6,11-12,14H2,1H3. The number of aromatic nitrogens is 4. The second-order valence-corrected chi connectivity index (χ2v) is 7.09. The van der Waals surface area contributed by atoms with Gasteiger partial charge in [-0.15, -0.1) is 10.2 Å². The van der Waals surface area contributed by atoms with E-state index in [-0.39, 0.29) is 5.56 Å². The Balaban J connectivity index is 1.81. The Kier molecular flexibility index (Phi) is 4.00. The number of fused-ring (bicyclic) bond motifs is 3. The fourth-order valence-corrected chi connectivity index (χ4v) is 3.93. The zero-order valence-electron chi connectivity index (χ0n) is 15.7. The number of anilines is 1. The maximum absolute atomic E-state index is 13.4. The van der Waals surface area contributed by atoms with Crippen molar-refractivity contribution in [3.8, 4) is 5.75 Å². The molecular formula is C21H21N5O2. The van der Waals surface area contributed by atoms with Crippen molar-refractivity contribution in [3.63, 3.8) is 0 Å². The summed E-state index contributed by atoms with van der Waals surface area (Å²) in [6.07, 6.45) is 2.29. The molecule has 2 aromatic carbocycles. The Hall–Kier alpha value is -3.35. The number of hydrogen-bond donors (Lipinski definition) is 0. The first kappa shape index (κ1) is 16.8. The van der Waals surface area contributed by atoms with Gasteiger partial charge in [0.1, 0.15) is 5.75 Å². The maximum Gasteiger partial charge on any atom is 0.263 e. The van der Waals surface area contributed by atoms with Gasteiger partial charge in [-0.05, 0) is 36.6 Å². The highest BCUT2D eigenvalue weighted by atomic mass is 16.5. The third-order valence-corrected chi connectivity index (χ3v) is 5.36. The topological polar surface area (TPSA) is 64.7 Å². The van der Waals surface area contributed by atoms with E-state index in [1.807, 2.05) is 46.9 Å². The van der Waals surface area contributed by atoms with Crippen LogP contribution in [0.5, 0.6) is 5.75 Å². The molecule has 1 fully saturated rings. The van der Waals surface area contributed by atoms with Gasteiger partial charge in [0.2, 0.25) is 11.7 Å². The van der Waals surface area contributed by atoms with Gasteiger partial charge in [0.25, 0.3) is 5.56 Å². The summed E-state index contributed by atoms with van der Waals surface area (Å²) in [5.74, 6) is 2.02. The number of benzene rings is 2. The monoisotopic (exact) mass is 375 g/mol. The molecule has 0 amide bonds. The highest BCUT2D eigenvalue weighted by Gasteiger charge is 2.22. The summed E-state index contributed by atoms with van der Waals surface area (Å²) in [6, 6.07) is 15.5. The van der Waals surface area contributed by atoms with Crippen molar-refractivity contribution >= 4 is 22.6 Å². The van der Waals surface area contributed by atoms with Crippen molar-refractivity contribution in [2.45, 2.75) is 19.4 Å². The first-order valence-electron chi connectivity index (χ1n) is 9.51. The molecule has 7 nitrogen and oxygen atoms in total. The van der Waals surface area contributed by atoms with Gasteiger partial charge < -0.3 is 9.64 Å². The average Bonchev–Trinajstić information content (AvgIpc) is 3.41. The summed E-state index contributed by atoms with van der Waals surface area (Å²) < 4.78 is 9.06. The first-order chi connectivity index (χ1) is 13.8. The van der Waals surface area contributed by atoms with Crippen molar-refractivity contribution in [2.24, 2.45) is 0 Å². The molecule has 7 heteroatoms. The van der Waals surface area contributed by atoms with E-state index < -0.39 is 0 Å². The first-order valence-corrected chi connectivity index (χ1v) is 9.51. The third-order valence-electron chi connectivity index (χ3n) is 5.36. The Labute approximate surface area is 161 Å². The number of hydrogen-bond acceptors (Lipinski definition) is 5. The molecular weight excluding hydrogens is 354 g/mol. The minimum absolute atomic E-state index is 0.0920. The van der Waals surface area contributed by atoms with Crippen LogP contribution < -0.4 is 15.2 Å². The van der Waals surface area contributed by atoms with E-state index >= 15 is 0 Å². The molecule has 4 aromatic rings. The van der Waals surface area contributed by atoms with Crippen molar-refractivity contribution in [2.75, 3.05) is 25.1 Å². The molecule has 3 heterocycles. The van der Waals surface area contributed by atoms with E-state index in [1.165, 1.54) is 0 Å². The highest BCUT2D eigenvalue weighted by molar-refractivity contribution is 5.83. The minimum atomic E-state index is -0.0920. The molecule has 0 unspecified atom stereocenters. The van der Waals surface area contributed by atoms with Gasteiger partial charge in [-0.25, -0.2) is 4.40 Å². The average molecular weight is 375 g/mol. The molecule has 142 valence electrons. The molecule has 0 saturated carbocycles. The number of rotatable bonds is 4. The lowest BCUT2D eigenvalue weighted by molar-refractivity contribution is 0.415. The second-order valence-electron chi connectivity index (χ2n) is 7.09. The minimum Gasteiger partial charge on any atom is -0.497 e. The summed E-state index contributed by atoms with van der Waals surface area (Å²) in [4.78, 5) is 15.6. The van der Waals surface area contributed by atoms with Crippen LogP contribution in [0.4, 0.5) is 5.95 Å². The van der Waals surface area contributed by atoms with Crippen LogP contribution >= 0.6 is 0 Å². The molecule has 0 bridgehead atoms. The number of ether oxygens (including phenoxy) is 1. The van der Waals surface area contributed by atoms with Crippen molar-refractivity contribution in [3.05, 3.63) is 64.4 Å². The highest BCUT2D eigenvalue weighted by Crippen LogP contribution is 2.25. The van der Waals surface area contributed by atoms with Crippen LogP contribution in [-0.4, -0.2) is 39.4 Å². The van der Waals surface area contributed by atoms with Crippen LogP contribution in [0.2, 0.25) is 0 Å². The van der Waals surface area contributed by atoms with Crippen molar-refractivity contribution < 1.29 is 4.74 Å². The summed E-state index contributed by atoms with van der Waals surface area (Å²) in [5, 5.41) is 9.48. The van der Waals surface area contributed by atoms with Crippen LogP contribution in [0.15, 0.2) is 53.3 Å². The van der Waals surface area contributed by atoms with Gasteiger partial charge in [0.05, 0.1) is 24.6 Å². The molecule has 1 aliphatic rings. The molecule has 0 N–H and O–H groups in total. The van der Waals surface area contributed by atoms with Gasteiger partial charge in [-0.2, -0.15) is 0 Å². The Morgan fingerprint density at radius 3 is 2.57 bits per heavy atom. The smallest absolute Gasteiger partial charge is 0.263 e. The van der Waals surface area contributed by atoms with E-state index in [0.29, 0.717) is 23.5 Å². The molecule has 1 saturated heterocycles. The predicted molar refractivity (Wildman–Crippen MR) is 108 cm³/mol. The van der Waals surface area contributed by atoms with Gasteiger partial charge in [0, 0.05) is 13.1 Å². The molecule has 0 spiro atoms. The largest absolute Gasteiger partial charge is 0.497 e. The molecule has 0 aliphatic carbocycles. The van der Waals surface area contributed by atoms with Crippen molar-refractivity contribution in [1.29, 1.82) is 0 Å². The third kappa shape index (κ3) is 2.62. The van der Waals surface area contributed by atoms with Crippen LogP contribution in [0.25, 0.3) is 16.7 Å². The summed E-state index contributed by atoms with van der Waals surface area (Å²) in [7, 11) is 1.61. The molecule has 5 rings (SSSR count). The van der Waals surface area contributed by atoms with Crippen LogP contribution in [0.3, 0.4) is 0 Å². The number of methoxy groups -OCH3 is 1. The molecule has 2 aromatic heterocycles. The Bertz CT molecular complexity index is 1210. The quantitative estimate of drug-likeness (QED) is 0.549. The van der Waals surface area contributed by atoms with E-state index in [0.717, 1.165) is 43.0 Å². The van der Waals surface area contributed by atoms with Gasteiger partial charge in [-0.3, -0.25) is 9.36 Å².